The minimum absolute atomic E-state index is 0.0943. The fourth-order valence-electron chi connectivity index (χ4n) is 3.85. The summed E-state index contributed by atoms with van der Waals surface area (Å²) >= 11 is 0. The Morgan fingerprint density at radius 1 is 1.21 bits per heavy atom. The van der Waals surface area contributed by atoms with E-state index in [2.05, 4.69) is 4.90 Å². The fraction of sp³-hybridized carbons (Fsp3) is 0.944. The average Bonchev–Trinajstić information content (AvgIpc) is 3.20. The lowest BCUT2D eigenvalue weighted by Crippen LogP contribution is -2.44. The van der Waals surface area contributed by atoms with E-state index in [1.165, 1.54) is 12.8 Å². The van der Waals surface area contributed by atoms with E-state index in [0.29, 0.717) is 13.2 Å². The predicted octanol–water partition coefficient (Wildman–Crippen LogP) is 2.27. The first-order chi connectivity index (χ1) is 11.4. The van der Waals surface area contributed by atoms with E-state index >= 15 is 0 Å². The third-order valence-corrected chi connectivity index (χ3v) is 4.94. The topological polar surface area (TPSA) is 51.2 Å². The van der Waals surface area contributed by atoms with Gasteiger partial charge >= 0.3 is 6.09 Å². The van der Waals surface area contributed by atoms with E-state index in [9.17, 15) is 4.79 Å². The van der Waals surface area contributed by atoms with E-state index in [-0.39, 0.29) is 24.3 Å². The van der Waals surface area contributed by atoms with Gasteiger partial charge < -0.3 is 24.0 Å². The minimum Gasteiger partial charge on any atom is -0.444 e. The van der Waals surface area contributed by atoms with Gasteiger partial charge in [-0.3, -0.25) is 0 Å². The molecule has 0 aromatic rings. The van der Waals surface area contributed by atoms with Gasteiger partial charge in [0.1, 0.15) is 5.60 Å². The molecule has 3 saturated heterocycles. The molecule has 0 unspecified atom stereocenters. The lowest BCUT2D eigenvalue weighted by Gasteiger charge is -2.30. The molecule has 3 heterocycles. The summed E-state index contributed by atoms with van der Waals surface area (Å²) in [6.45, 7) is 11.1. The highest BCUT2D eigenvalue weighted by molar-refractivity contribution is 5.69. The van der Waals surface area contributed by atoms with Crippen LogP contribution in [0.4, 0.5) is 4.79 Å². The molecule has 3 rings (SSSR count). The number of rotatable bonds is 4. The van der Waals surface area contributed by atoms with Crippen molar-refractivity contribution < 1.29 is 19.0 Å². The number of nitrogens with zero attached hydrogens (tertiary/aromatic N) is 2. The maximum absolute atomic E-state index is 12.6. The van der Waals surface area contributed by atoms with Gasteiger partial charge in [0, 0.05) is 13.2 Å². The molecule has 1 amide bonds. The van der Waals surface area contributed by atoms with Gasteiger partial charge in [-0.05, 0) is 59.5 Å². The first-order valence-corrected chi connectivity index (χ1v) is 9.36. The van der Waals surface area contributed by atoms with Crippen LogP contribution in [0.15, 0.2) is 0 Å². The molecule has 0 radical (unpaired) electrons. The number of hydrogen-bond donors (Lipinski definition) is 0. The average molecular weight is 340 g/mol. The molecule has 0 aliphatic carbocycles. The molecule has 0 spiro atoms. The number of ether oxygens (including phenoxy) is 3. The van der Waals surface area contributed by atoms with E-state index < -0.39 is 5.60 Å². The van der Waals surface area contributed by atoms with Crippen LogP contribution in [0, 0.1) is 0 Å². The quantitative estimate of drug-likeness (QED) is 0.786. The van der Waals surface area contributed by atoms with E-state index in [0.717, 1.165) is 39.1 Å². The summed E-state index contributed by atoms with van der Waals surface area (Å²) in [6, 6.07) is 0.185. The van der Waals surface area contributed by atoms with Crippen molar-refractivity contribution in [1.82, 2.24) is 9.80 Å². The zero-order chi connectivity index (χ0) is 17.2. The molecule has 6 nitrogen and oxygen atoms in total. The van der Waals surface area contributed by atoms with Gasteiger partial charge in [-0.25, -0.2) is 4.79 Å². The maximum atomic E-state index is 12.6. The summed E-state index contributed by atoms with van der Waals surface area (Å²) in [6.07, 6.45) is 4.45. The number of likely N-dealkylation sites (tertiary alicyclic amines) is 2. The van der Waals surface area contributed by atoms with Crippen LogP contribution in [0.2, 0.25) is 0 Å². The van der Waals surface area contributed by atoms with Crippen LogP contribution in [0.5, 0.6) is 0 Å². The molecule has 3 fully saturated rings. The van der Waals surface area contributed by atoms with Gasteiger partial charge in [0.05, 0.1) is 31.4 Å². The largest absolute Gasteiger partial charge is 0.444 e. The lowest BCUT2D eigenvalue weighted by atomic mass is 10.2. The molecule has 3 atom stereocenters. The molecule has 6 heteroatoms. The van der Waals surface area contributed by atoms with E-state index in [4.69, 9.17) is 14.2 Å². The second-order valence-corrected chi connectivity index (χ2v) is 8.27. The van der Waals surface area contributed by atoms with Gasteiger partial charge in [0.2, 0.25) is 0 Å². The predicted molar refractivity (Wildman–Crippen MR) is 91.1 cm³/mol. The highest BCUT2D eigenvalue weighted by Gasteiger charge is 2.40. The molecule has 0 N–H and O–H groups in total. The first kappa shape index (κ1) is 18.0. The van der Waals surface area contributed by atoms with Crippen LogP contribution < -0.4 is 0 Å². The van der Waals surface area contributed by atoms with Crippen molar-refractivity contribution in [1.29, 1.82) is 0 Å². The number of amides is 1. The SMILES string of the molecule is CC(C)(C)OC(=O)N1C[C@H](O[C@@H]2CCOC2)C[C@H]1CN1CCCC1. The highest BCUT2D eigenvalue weighted by atomic mass is 16.6. The van der Waals surface area contributed by atoms with Crippen LogP contribution in [0.1, 0.15) is 46.5 Å². The summed E-state index contributed by atoms with van der Waals surface area (Å²) in [5, 5.41) is 0. The van der Waals surface area contributed by atoms with Gasteiger partial charge in [-0.15, -0.1) is 0 Å². The van der Waals surface area contributed by atoms with Gasteiger partial charge in [0.25, 0.3) is 0 Å². The summed E-state index contributed by atoms with van der Waals surface area (Å²) < 4.78 is 17.2. The van der Waals surface area contributed by atoms with Gasteiger partial charge in [0.15, 0.2) is 0 Å². The van der Waals surface area contributed by atoms with Crippen LogP contribution in [0.25, 0.3) is 0 Å². The van der Waals surface area contributed by atoms with Crippen LogP contribution >= 0.6 is 0 Å². The zero-order valence-corrected chi connectivity index (χ0v) is 15.3. The third kappa shape index (κ3) is 4.83. The summed E-state index contributed by atoms with van der Waals surface area (Å²) in [4.78, 5) is 17.0. The molecular formula is C18H32N2O4. The van der Waals surface area contributed by atoms with Crippen LogP contribution in [0.3, 0.4) is 0 Å². The monoisotopic (exact) mass is 340 g/mol. The molecule has 138 valence electrons. The lowest BCUT2D eigenvalue weighted by molar-refractivity contribution is -0.0139. The summed E-state index contributed by atoms with van der Waals surface area (Å²) in [5.41, 5.74) is -0.465. The minimum atomic E-state index is -0.465. The zero-order valence-electron chi connectivity index (χ0n) is 15.3. The maximum Gasteiger partial charge on any atom is 0.410 e. The van der Waals surface area contributed by atoms with Crippen molar-refractivity contribution in [3.05, 3.63) is 0 Å². The Kier molecular flexibility index (Phi) is 5.67. The summed E-state index contributed by atoms with van der Waals surface area (Å²) in [7, 11) is 0. The van der Waals surface area contributed by atoms with Crippen molar-refractivity contribution in [2.24, 2.45) is 0 Å². The molecule has 3 aliphatic rings. The Morgan fingerprint density at radius 3 is 2.58 bits per heavy atom. The first-order valence-electron chi connectivity index (χ1n) is 9.36. The fourth-order valence-corrected chi connectivity index (χ4v) is 3.85. The van der Waals surface area contributed by atoms with Crippen molar-refractivity contribution >= 4 is 6.09 Å². The Hall–Kier alpha value is -0.850. The van der Waals surface area contributed by atoms with Crippen LogP contribution in [-0.2, 0) is 14.2 Å². The van der Waals surface area contributed by atoms with Crippen molar-refractivity contribution in [2.45, 2.75) is 70.3 Å². The highest BCUT2D eigenvalue weighted by Crippen LogP contribution is 2.27. The van der Waals surface area contributed by atoms with E-state index in [1.807, 2.05) is 25.7 Å². The van der Waals surface area contributed by atoms with Crippen LogP contribution in [-0.4, -0.2) is 79.1 Å². The molecule has 0 aromatic carbocycles. The molecule has 3 aliphatic heterocycles. The second-order valence-electron chi connectivity index (χ2n) is 8.27. The summed E-state index contributed by atoms with van der Waals surface area (Å²) in [5.74, 6) is 0. The van der Waals surface area contributed by atoms with E-state index in [1.54, 1.807) is 0 Å². The Labute approximate surface area is 145 Å². The Balaban J connectivity index is 1.61. The standard InChI is InChI=1S/C18H32N2O4/c1-18(2,3)24-17(21)20-12-16(23-15-6-9-22-13-15)10-14(20)11-19-7-4-5-8-19/h14-16H,4-13H2,1-3H3/t14-,15+,16+/m0/s1. The smallest absolute Gasteiger partial charge is 0.410 e. The normalized spacial score (nSPS) is 31.8. The number of carbonyl (C=O) groups is 1. The Bertz CT molecular complexity index is 425. The molecular weight excluding hydrogens is 308 g/mol. The molecule has 0 aromatic heterocycles. The second kappa shape index (κ2) is 7.58. The molecule has 0 bridgehead atoms. The van der Waals surface area contributed by atoms with Gasteiger partial charge in [-0.1, -0.05) is 0 Å². The number of carbonyl (C=O) groups excluding carboxylic acids is 1. The van der Waals surface area contributed by atoms with Crippen molar-refractivity contribution in [3.63, 3.8) is 0 Å². The van der Waals surface area contributed by atoms with Crippen molar-refractivity contribution in [3.8, 4) is 0 Å². The number of hydrogen-bond acceptors (Lipinski definition) is 5. The van der Waals surface area contributed by atoms with Gasteiger partial charge in [-0.2, -0.15) is 0 Å². The molecule has 0 saturated carbocycles. The molecule has 24 heavy (non-hydrogen) atoms. The third-order valence-electron chi connectivity index (χ3n) is 4.94. The Morgan fingerprint density at radius 2 is 1.96 bits per heavy atom. The van der Waals surface area contributed by atoms with Crippen molar-refractivity contribution in [2.75, 3.05) is 39.4 Å².